The van der Waals surface area contributed by atoms with E-state index in [9.17, 15) is 4.79 Å². The van der Waals surface area contributed by atoms with Crippen LogP contribution in [0.5, 0.6) is 0 Å². The minimum absolute atomic E-state index is 0.170. The first-order valence-electron chi connectivity index (χ1n) is 10.6. The Kier molecular flexibility index (Phi) is 7.00. The molecule has 6 nitrogen and oxygen atoms in total. The zero-order valence-corrected chi connectivity index (χ0v) is 19.6. The van der Waals surface area contributed by atoms with Crippen LogP contribution in [0.25, 0.3) is 17.1 Å². The van der Waals surface area contributed by atoms with Crippen molar-refractivity contribution in [2.45, 2.75) is 25.9 Å². The van der Waals surface area contributed by atoms with E-state index in [1.165, 1.54) is 22.9 Å². The summed E-state index contributed by atoms with van der Waals surface area (Å²) in [4.78, 5) is 12.4. The molecule has 4 aromatic rings. The fourth-order valence-corrected chi connectivity index (χ4v) is 3.99. The summed E-state index contributed by atoms with van der Waals surface area (Å²) in [6, 6.07) is 24.2. The quantitative estimate of drug-likeness (QED) is 0.239. The molecule has 0 aliphatic carbocycles. The Balaban J connectivity index is 1.52. The third-order valence-electron chi connectivity index (χ3n) is 5.15. The average molecular weight is 456 g/mol. The summed E-state index contributed by atoms with van der Waals surface area (Å²) < 4.78 is 1.98. The zero-order valence-electron chi connectivity index (χ0n) is 18.8. The van der Waals surface area contributed by atoms with E-state index in [0.717, 1.165) is 28.2 Å². The number of aryl methyl sites for hydroxylation is 3. The summed E-state index contributed by atoms with van der Waals surface area (Å²) in [5.74, 6) is 0.697. The van der Waals surface area contributed by atoms with Crippen molar-refractivity contribution < 1.29 is 4.79 Å². The lowest BCUT2D eigenvalue weighted by molar-refractivity contribution is -0.118. The van der Waals surface area contributed by atoms with Gasteiger partial charge in [-0.15, -0.1) is 10.2 Å². The van der Waals surface area contributed by atoms with Gasteiger partial charge in [-0.05, 0) is 44.0 Å². The van der Waals surface area contributed by atoms with Crippen molar-refractivity contribution >= 4 is 23.9 Å². The number of amides is 1. The molecule has 0 aliphatic rings. The first kappa shape index (κ1) is 22.5. The van der Waals surface area contributed by atoms with Crippen molar-refractivity contribution in [1.29, 1.82) is 0 Å². The predicted molar refractivity (Wildman–Crippen MR) is 134 cm³/mol. The number of carbonyl (C=O) groups excluding carboxylic acids is 1. The molecule has 0 unspecified atom stereocenters. The van der Waals surface area contributed by atoms with E-state index in [4.69, 9.17) is 0 Å². The maximum atomic E-state index is 12.4. The molecule has 7 heteroatoms. The van der Waals surface area contributed by atoms with Gasteiger partial charge < -0.3 is 0 Å². The van der Waals surface area contributed by atoms with Gasteiger partial charge in [-0.1, -0.05) is 83.6 Å². The molecule has 1 amide bonds. The summed E-state index contributed by atoms with van der Waals surface area (Å²) in [7, 11) is 0. The molecule has 166 valence electrons. The van der Waals surface area contributed by atoms with Crippen molar-refractivity contribution in [2.75, 3.05) is 5.75 Å². The molecule has 0 radical (unpaired) electrons. The van der Waals surface area contributed by atoms with Crippen molar-refractivity contribution in [2.24, 2.45) is 5.10 Å². The molecule has 4 rings (SSSR count). The van der Waals surface area contributed by atoms with Crippen LogP contribution in [-0.2, 0) is 4.79 Å². The average Bonchev–Trinajstić information content (AvgIpc) is 3.24. The summed E-state index contributed by atoms with van der Waals surface area (Å²) >= 11 is 1.33. The molecule has 1 heterocycles. The van der Waals surface area contributed by atoms with Gasteiger partial charge in [0.1, 0.15) is 0 Å². The predicted octanol–water partition coefficient (Wildman–Crippen LogP) is 5.10. The third-order valence-corrected chi connectivity index (χ3v) is 6.08. The Hall–Kier alpha value is -3.71. The topological polar surface area (TPSA) is 72.2 Å². The van der Waals surface area contributed by atoms with Gasteiger partial charge in [0.15, 0.2) is 11.0 Å². The van der Waals surface area contributed by atoms with E-state index in [1.54, 1.807) is 6.21 Å². The van der Waals surface area contributed by atoms with Gasteiger partial charge in [0, 0.05) is 11.3 Å². The van der Waals surface area contributed by atoms with Crippen molar-refractivity contribution in [3.63, 3.8) is 0 Å². The Morgan fingerprint density at radius 2 is 1.61 bits per heavy atom. The fourth-order valence-electron chi connectivity index (χ4n) is 3.25. The van der Waals surface area contributed by atoms with Crippen molar-refractivity contribution in [3.05, 3.63) is 95.1 Å². The van der Waals surface area contributed by atoms with Crippen LogP contribution in [0.3, 0.4) is 0 Å². The Morgan fingerprint density at radius 3 is 2.30 bits per heavy atom. The van der Waals surface area contributed by atoms with Crippen LogP contribution < -0.4 is 5.43 Å². The molecule has 33 heavy (non-hydrogen) atoms. The molecule has 0 saturated carbocycles. The van der Waals surface area contributed by atoms with E-state index >= 15 is 0 Å². The first-order chi connectivity index (χ1) is 16.0. The molecule has 1 aromatic heterocycles. The summed E-state index contributed by atoms with van der Waals surface area (Å²) in [6.07, 6.45) is 1.65. The van der Waals surface area contributed by atoms with E-state index in [-0.39, 0.29) is 11.7 Å². The monoisotopic (exact) mass is 455 g/mol. The highest BCUT2D eigenvalue weighted by atomic mass is 32.2. The molecule has 0 spiro atoms. The third kappa shape index (κ3) is 5.56. The molecule has 0 bridgehead atoms. The number of hydrogen-bond acceptors (Lipinski definition) is 5. The lowest BCUT2D eigenvalue weighted by Crippen LogP contribution is -2.20. The summed E-state index contributed by atoms with van der Waals surface area (Å²) in [5, 5.41) is 13.5. The number of hydrazone groups is 1. The van der Waals surface area contributed by atoms with Gasteiger partial charge in [-0.3, -0.25) is 9.36 Å². The van der Waals surface area contributed by atoms with Gasteiger partial charge in [0.25, 0.3) is 5.91 Å². The van der Waals surface area contributed by atoms with Gasteiger partial charge in [0.05, 0.1) is 12.0 Å². The van der Waals surface area contributed by atoms with E-state index < -0.39 is 0 Å². The number of hydrogen-bond donors (Lipinski definition) is 1. The number of rotatable bonds is 7. The maximum Gasteiger partial charge on any atom is 0.250 e. The van der Waals surface area contributed by atoms with E-state index in [1.807, 2.05) is 66.9 Å². The number of nitrogens with one attached hydrogen (secondary N) is 1. The Labute approximate surface area is 197 Å². The van der Waals surface area contributed by atoms with Crippen LogP contribution in [0, 0.1) is 20.8 Å². The molecular weight excluding hydrogens is 430 g/mol. The summed E-state index contributed by atoms with van der Waals surface area (Å²) in [5.41, 5.74) is 8.91. The van der Waals surface area contributed by atoms with Crippen LogP contribution in [0.15, 0.2) is 83.1 Å². The normalized spacial score (nSPS) is 11.1. The molecule has 0 atom stereocenters. The zero-order chi connectivity index (χ0) is 23.2. The largest absolute Gasteiger partial charge is 0.272 e. The van der Waals surface area contributed by atoms with E-state index in [0.29, 0.717) is 5.16 Å². The standard InChI is InChI=1S/C26H25N5OS/c1-18-8-12-21(13-9-18)25-29-30-26(31(25)23-14-10-19(2)11-15-23)33-17-24(32)28-27-16-22-7-5-4-6-20(22)3/h4-16H,17H2,1-3H3,(H,28,32)/b27-16+. The molecule has 0 saturated heterocycles. The molecular formula is C26H25N5OS. The highest BCUT2D eigenvalue weighted by Crippen LogP contribution is 2.28. The number of nitrogens with zero attached hydrogens (tertiary/aromatic N) is 4. The lowest BCUT2D eigenvalue weighted by atomic mass is 10.1. The second-order valence-electron chi connectivity index (χ2n) is 7.78. The summed E-state index contributed by atoms with van der Waals surface area (Å²) in [6.45, 7) is 6.10. The number of aromatic nitrogens is 3. The second-order valence-corrected chi connectivity index (χ2v) is 8.72. The fraction of sp³-hybridized carbons (Fsp3) is 0.154. The molecule has 0 aliphatic heterocycles. The van der Waals surface area contributed by atoms with Gasteiger partial charge in [-0.25, -0.2) is 5.43 Å². The molecule has 3 aromatic carbocycles. The SMILES string of the molecule is Cc1ccc(-c2nnc(SCC(=O)N/N=C/c3ccccc3C)n2-c2ccc(C)cc2)cc1. The minimum atomic E-state index is -0.208. The highest BCUT2D eigenvalue weighted by molar-refractivity contribution is 7.99. The first-order valence-corrected chi connectivity index (χ1v) is 11.6. The van der Waals surface area contributed by atoms with Crippen LogP contribution in [0.4, 0.5) is 0 Å². The maximum absolute atomic E-state index is 12.4. The van der Waals surface area contributed by atoms with Crippen LogP contribution in [0.2, 0.25) is 0 Å². The van der Waals surface area contributed by atoms with E-state index in [2.05, 4.69) is 51.9 Å². The number of carbonyl (C=O) groups is 1. The van der Waals surface area contributed by atoms with Gasteiger partial charge in [-0.2, -0.15) is 5.10 Å². The number of thioether (sulfide) groups is 1. The Morgan fingerprint density at radius 1 is 0.939 bits per heavy atom. The van der Waals surface area contributed by atoms with Gasteiger partial charge in [0.2, 0.25) is 0 Å². The van der Waals surface area contributed by atoms with Crippen LogP contribution >= 0.6 is 11.8 Å². The smallest absolute Gasteiger partial charge is 0.250 e. The number of benzene rings is 3. The second kappa shape index (κ2) is 10.3. The molecule has 0 fully saturated rings. The Bertz CT molecular complexity index is 1280. The molecule has 1 N–H and O–H groups in total. The van der Waals surface area contributed by atoms with Crippen LogP contribution in [0.1, 0.15) is 22.3 Å². The van der Waals surface area contributed by atoms with Gasteiger partial charge >= 0.3 is 0 Å². The van der Waals surface area contributed by atoms with Crippen molar-refractivity contribution in [3.8, 4) is 17.1 Å². The highest BCUT2D eigenvalue weighted by Gasteiger charge is 2.17. The van der Waals surface area contributed by atoms with Crippen molar-refractivity contribution in [1.82, 2.24) is 20.2 Å². The minimum Gasteiger partial charge on any atom is -0.272 e. The van der Waals surface area contributed by atoms with Crippen LogP contribution in [-0.4, -0.2) is 32.6 Å². The lowest BCUT2D eigenvalue weighted by Gasteiger charge is -2.11.